The summed E-state index contributed by atoms with van der Waals surface area (Å²) in [5.41, 5.74) is 4.18. The molecule has 0 radical (unpaired) electrons. The summed E-state index contributed by atoms with van der Waals surface area (Å²) in [7, 11) is 0.298. The number of nitrogens with one attached hydrogen (secondary N) is 3. The summed E-state index contributed by atoms with van der Waals surface area (Å²) in [5, 5.41) is 9.64. The molecule has 234 valence electrons. The van der Waals surface area contributed by atoms with Gasteiger partial charge in [-0.3, -0.25) is 0 Å². The summed E-state index contributed by atoms with van der Waals surface area (Å²) < 4.78 is 29.7. The molecule has 9 heteroatoms. The highest BCUT2D eigenvalue weighted by Crippen LogP contribution is 2.32. The first kappa shape index (κ1) is 30.8. The zero-order valence-corrected chi connectivity index (χ0v) is 27.1. The van der Waals surface area contributed by atoms with E-state index in [1.54, 1.807) is 6.07 Å². The Morgan fingerprint density at radius 2 is 1.42 bits per heavy atom. The highest BCUT2D eigenvalue weighted by Gasteiger charge is 2.25. The van der Waals surface area contributed by atoms with E-state index in [0.29, 0.717) is 29.2 Å². The van der Waals surface area contributed by atoms with E-state index in [9.17, 15) is 8.42 Å². The van der Waals surface area contributed by atoms with Crippen LogP contribution in [0.3, 0.4) is 0 Å². The molecular weight excluding hydrogens is 581 g/mol. The summed E-state index contributed by atoms with van der Waals surface area (Å²) in [4.78, 5) is 12.0. The predicted octanol–water partition coefficient (Wildman–Crippen LogP) is 7.35. The molecule has 45 heavy (non-hydrogen) atoms. The Hall–Kier alpha value is -4.21. The number of nitrogens with zero attached hydrogens (tertiary/aromatic N) is 3. The number of aromatic nitrogens is 2. The molecule has 1 fully saturated rings. The van der Waals surface area contributed by atoms with Crippen LogP contribution >= 0.6 is 0 Å². The Kier molecular flexibility index (Phi) is 9.19. The van der Waals surface area contributed by atoms with Crippen LogP contribution in [0.5, 0.6) is 0 Å². The number of anilines is 4. The monoisotopic (exact) mass is 622 g/mol. The molecular formula is C36H42N6O2S. The smallest absolute Gasteiger partial charge is 0.241 e. The van der Waals surface area contributed by atoms with Crippen LogP contribution in [-0.4, -0.2) is 45.6 Å². The van der Waals surface area contributed by atoms with Crippen molar-refractivity contribution in [1.29, 1.82) is 0 Å². The van der Waals surface area contributed by atoms with Crippen molar-refractivity contribution in [1.82, 2.24) is 14.7 Å². The quantitative estimate of drug-likeness (QED) is 0.142. The number of hydrogen-bond donors (Lipinski definition) is 3. The van der Waals surface area contributed by atoms with E-state index in [1.807, 2.05) is 73.6 Å². The third-order valence-electron chi connectivity index (χ3n) is 8.94. The van der Waals surface area contributed by atoms with Gasteiger partial charge in [-0.15, -0.1) is 0 Å². The standard InChI is InChI=1S/C36H42N6O2S/c1-4-25-19-21-28(22-20-25)39-35-31-9-5-6-12-32(31)40-36(41-35)37-23-26-15-17-27(18-16-26)24-38-45(43,44)34-14-8-10-29-30(34)11-7-13-33(29)42(2)3/h5-14,19-22,26-27,38H,4,15-18,23-24H2,1-3H3,(H2,37,39,40,41). The fraction of sp³-hybridized carbons (Fsp3) is 0.333. The number of rotatable bonds is 11. The van der Waals surface area contributed by atoms with Crippen LogP contribution in [0.15, 0.2) is 89.8 Å². The van der Waals surface area contributed by atoms with Gasteiger partial charge < -0.3 is 15.5 Å². The molecule has 0 spiro atoms. The lowest BCUT2D eigenvalue weighted by atomic mass is 9.82. The van der Waals surface area contributed by atoms with E-state index in [-0.39, 0.29) is 0 Å². The zero-order valence-electron chi connectivity index (χ0n) is 26.3. The maximum Gasteiger partial charge on any atom is 0.241 e. The molecule has 0 unspecified atom stereocenters. The molecule has 5 aromatic rings. The zero-order chi connectivity index (χ0) is 31.4. The lowest BCUT2D eigenvalue weighted by Crippen LogP contribution is -2.32. The highest BCUT2D eigenvalue weighted by molar-refractivity contribution is 7.89. The topological polar surface area (TPSA) is 99.2 Å². The third kappa shape index (κ3) is 7.05. The van der Waals surface area contributed by atoms with Gasteiger partial charge in [0.05, 0.1) is 10.4 Å². The Labute approximate surface area is 266 Å². The van der Waals surface area contributed by atoms with E-state index in [0.717, 1.165) is 77.5 Å². The first-order valence-corrected chi connectivity index (χ1v) is 17.3. The van der Waals surface area contributed by atoms with Gasteiger partial charge in [-0.05, 0) is 85.9 Å². The molecule has 1 saturated carbocycles. The fourth-order valence-electron chi connectivity index (χ4n) is 6.28. The number of hydrogen-bond acceptors (Lipinski definition) is 7. The molecule has 6 rings (SSSR count). The fourth-order valence-corrected chi connectivity index (χ4v) is 7.62. The Bertz CT molecular complexity index is 1880. The number of para-hydroxylation sites is 1. The normalized spacial score (nSPS) is 17.0. The SMILES string of the molecule is CCc1ccc(Nc2nc(NCC3CCC(CNS(=O)(=O)c4cccc5c(N(C)C)cccc45)CC3)nc3ccccc23)cc1. The highest BCUT2D eigenvalue weighted by atomic mass is 32.2. The molecule has 1 heterocycles. The van der Waals surface area contributed by atoms with Crippen LogP contribution < -0.4 is 20.3 Å². The van der Waals surface area contributed by atoms with E-state index in [1.165, 1.54) is 5.56 Å². The van der Waals surface area contributed by atoms with Crippen molar-refractivity contribution in [3.63, 3.8) is 0 Å². The molecule has 1 aliphatic carbocycles. The van der Waals surface area contributed by atoms with Crippen LogP contribution in [0, 0.1) is 11.8 Å². The second-order valence-corrected chi connectivity index (χ2v) is 14.0. The first-order valence-electron chi connectivity index (χ1n) is 15.9. The van der Waals surface area contributed by atoms with Gasteiger partial charge in [0, 0.05) is 54.7 Å². The van der Waals surface area contributed by atoms with Crippen molar-refractivity contribution >= 4 is 54.8 Å². The largest absolute Gasteiger partial charge is 0.377 e. The third-order valence-corrected chi connectivity index (χ3v) is 10.4. The van der Waals surface area contributed by atoms with Gasteiger partial charge >= 0.3 is 0 Å². The lowest BCUT2D eigenvalue weighted by molar-refractivity contribution is 0.284. The second-order valence-electron chi connectivity index (χ2n) is 12.2. The van der Waals surface area contributed by atoms with Crippen LogP contribution in [-0.2, 0) is 16.4 Å². The van der Waals surface area contributed by atoms with Gasteiger partial charge in [0.2, 0.25) is 16.0 Å². The van der Waals surface area contributed by atoms with Crippen molar-refractivity contribution < 1.29 is 8.42 Å². The second kappa shape index (κ2) is 13.4. The van der Waals surface area contributed by atoms with Crippen molar-refractivity contribution in [2.45, 2.75) is 43.9 Å². The van der Waals surface area contributed by atoms with Gasteiger partial charge in [0.15, 0.2) is 0 Å². The van der Waals surface area contributed by atoms with Crippen LogP contribution in [0.1, 0.15) is 38.2 Å². The minimum Gasteiger partial charge on any atom is -0.377 e. The van der Waals surface area contributed by atoms with E-state index >= 15 is 0 Å². The van der Waals surface area contributed by atoms with Crippen LogP contribution in [0.4, 0.5) is 23.1 Å². The van der Waals surface area contributed by atoms with Crippen molar-refractivity contribution in [2.24, 2.45) is 11.8 Å². The molecule has 0 aliphatic heterocycles. The van der Waals surface area contributed by atoms with Crippen molar-refractivity contribution in [3.8, 4) is 0 Å². The maximum absolute atomic E-state index is 13.4. The Morgan fingerprint density at radius 1 is 0.756 bits per heavy atom. The average Bonchev–Trinajstić information content (AvgIpc) is 3.06. The van der Waals surface area contributed by atoms with Gasteiger partial charge in [0.1, 0.15) is 5.82 Å². The summed E-state index contributed by atoms with van der Waals surface area (Å²) in [6.07, 6.45) is 5.03. The molecule has 0 saturated heterocycles. The molecule has 0 atom stereocenters. The average molecular weight is 623 g/mol. The van der Waals surface area contributed by atoms with Gasteiger partial charge in [-0.2, -0.15) is 4.98 Å². The predicted molar refractivity (Wildman–Crippen MR) is 186 cm³/mol. The van der Waals surface area contributed by atoms with Crippen LogP contribution in [0.25, 0.3) is 21.7 Å². The summed E-state index contributed by atoms with van der Waals surface area (Å²) in [6.45, 7) is 3.39. The summed E-state index contributed by atoms with van der Waals surface area (Å²) in [6, 6.07) is 27.8. The van der Waals surface area contributed by atoms with E-state index in [4.69, 9.17) is 9.97 Å². The van der Waals surface area contributed by atoms with Gasteiger partial charge in [-0.1, -0.05) is 55.5 Å². The minimum atomic E-state index is -3.64. The molecule has 4 aromatic carbocycles. The van der Waals surface area contributed by atoms with Gasteiger partial charge in [-0.25, -0.2) is 18.1 Å². The molecule has 1 aliphatic rings. The molecule has 0 amide bonds. The molecule has 0 bridgehead atoms. The molecule has 3 N–H and O–H groups in total. The number of aryl methyl sites for hydroxylation is 1. The van der Waals surface area contributed by atoms with E-state index < -0.39 is 10.0 Å². The van der Waals surface area contributed by atoms with Crippen LogP contribution in [0.2, 0.25) is 0 Å². The van der Waals surface area contributed by atoms with Gasteiger partial charge in [0.25, 0.3) is 0 Å². The van der Waals surface area contributed by atoms with Crippen molar-refractivity contribution in [3.05, 3.63) is 90.5 Å². The number of benzene rings is 4. The number of sulfonamides is 1. The Morgan fingerprint density at radius 3 is 2.16 bits per heavy atom. The molecule has 1 aromatic heterocycles. The first-order chi connectivity index (χ1) is 21.8. The lowest BCUT2D eigenvalue weighted by Gasteiger charge is -2.29. The summed E-state index contributed by atoms with van der Waals surface area (Å²) in [5.74, 6) is 2.19. The molecule has 8 nitrogen and oxygen atoms in total. The number of fused-ring (bicyclic) bond motifs is 2. The summed E-state index contributed by atoms with van der Waals surface area (Å²) >= 11 is 0. The van der Waals surface area contributed by atoms with Crippen molar-refractivity contribution in [2.75, 3.05) is 42.7 Å². The maximum atomic E-state index is 13.4. The van der Waals surface area contributed by atoms with E-state index in [2.05, 4.69) is 46.5 Å². The Balaban J connectivity index is 1.05. The minimum absolute atomic E-state index is 0.315.